The van der Waals surface area contributed by atoms with Gasteiger partial charge in [0.25, 0.3) is 5.97 Å². The van der Waals surface area contributed by atoms with E-state index < -0.39 is 0 Å². The molecule has 1 aromatic carbocycles. The minimum absolute atomic E-state index is 0.141. The van der Waals surface area contributed by atoms with Gasteiger partial charge in [-0.25, -0.2) is 0 Å². The Morgan fingerprint density at radius 3 is 1.86 bits per heavy atom. The molecule has 3 nitrogen and oxygen atoms in total. The van der Waals surface area contributed by atoms with Crippen LogP contribution in [-0.4, -0.2) is 21.6 Å². The van der Waals surface area contributed by atoms with Crippen molar-refractivity contribution in [2.45, 2.75) is 65.2 Å². The monoisotopic (exact) mass is 308 g/mol. The van der Waals surface area contributed by atoms with Gasteiger partial charge >= 0.3 is 0 Å². The number of aromatic hydroxyl groups is 1. The highest BCUT2D eigenvalue weighted by Gasteiger charge is 2.26. The third-order valence-electron chi connectivity index (χ3n) is 3.63. The molecule has 0 aliphatic carbocycles. The van der Waals surface area contributed by atoms with Crippen LogP contribution in [0, 0.1) is 0 Å². The molecule has 0 fully saturated rings. The van der Waals surface area contributed by atoms with Crippen molar-refractivity contribution in [1.82, 2.24) is 0 Å². The highest BCUT2D eigenvalue weighted by atomic mass is 28.2. The maximum absolute atomic E-state index is 11.4. The number of phenolic OH excluding ortho intramolecular Hbond substituents is 1. The number of carbonyl (C=O) groups is 1. The molecule has 118 valence electrons. The summed E-state index contributed by atoms with van der Waals surface area (Å²) in [6, 6.07) is 4.04. The fourth-order valence-electron chi connectivity index (χ4n) is 2.33. The van der Waals surface area contributed by atoms with Gasteiger partial charge in [0.05, 0.1) is 0 Å². The Kier molecular flexibility index (Phi) is 5.26. The van der Waals surface area contributed by atoms with Crippen LogP contribution in [0.5, 0.6) is 5.75 Å². The van der Waals surface area contributed by atoms with Gasteiger partial charge in [0.2, 0.25) is 10.5 Å². The number of carbonyl (C=O) groups excluding carboxylic acids is 1. The fourth-order valence-corrected chi connectivity index (χ4v) is 2.53. The number of hydrogen-bond acceptors (Lipinski definition) is 3. The van der Waals surface area contributed by atoms with E-state index in [1.807, 2.05) is 12.1 Å². The predicted octanol–water partition coefficient (Wildman–Crippen LogP) is 2.74. The summed E-state index contributed by atoms with van der Waals surface area (Å²) in [7, 11) is 0.440. The van der Waals surface area contributed by atoms with E-state index in [-0.39, 0.29) is 16.8 Å². The van der Waals surface area contributed by atoms with E-state index in [0.717, 1.165) is 16.7 Å². The average molecular weight is 308 g/mol. The number of phenols is 1. The van der Waals surface area contributed by atoms with Crippen molar-refractivity contribution in [3.8, 4) is 5.75 Å². The molecule has 0 amide bonds. The molecule has 1 aromatic rings. The first-order valence-electron chi connectivity index (χ1n) is 7.40. The molecule has 21 heavy (non-hydrogen) atoms. The highest BCUT2D eigenvalue weighted by molar-refractivity contribution is 6.05. The Hall–Kier alpha value is -1.29. The third kappa shape index (κ3) is 4.60. The van der Waals surface area contributed by atoms with Gasteiger partial charge in [-0.05, 0) is 33.9 Å². The zero-order valence-electron chi connectivity index (χ0n) is 14.3. The Balaban J connectivity index is 3.31. The van der Waals surface area contributed by atoms with Gasteiger partial charge < -0.3 is 9.53 Å². The van der Waals surface area contributed by atoms with E-state index in [2.05, 4.69) is 41.5 Å². The number of hydrogen-bond donors (Lipinski definition) is 1. The molecule has 0 bridgehead atoms. The summed E-state index contributed by atoms with van der Waals surface area (Å²) < 4.78 is 4.84. The Morgan fingerprint density at radius 1 is 1.10 bits per heavy atom. The van der Waals surface area contributed by atoms with Crippen LogP contribution in [0.15, 0.2) is 12.1 Å². The first-order valence-corrected chi connectivity index (χ1v) is 8.22. The van der Waals surface area contributed by atoms with E-state index >= 15 is 0 Å². The van der Waals surface area contributed by atoms with Crippen LogP contribution in [0.3, 0.4) is 0 Å². The van der Waals surface area contributed by atoms with Gasteiger partial charge in [0.15, 0.2) is 0 Å². The topological polar surface area (TPSA) is 46.5 Å². The van der Waals surface area contributed by atoms with Crippen LogP contribution in [0.4, 0.5) is 0 Å². The third-order valence-corrected chi connectivity index (χ3v) is 4.09. The van der Waals surface area contributed by atoms with Crippen molar-refractivity contribution in [1.29, 1.82) is 0 Å². The molecule has 0 atom stereocenters. The normalized spacial score (nSPS) is 12.5. The van der Waals surface area contributed by atoms with Gasteiger partial charge in [-0.3, -0.25) is 4.79 Å². The van der Waals surface area contributed by atoms with Crippen LogP contribution in [0.2, 0.25) is 0 Å². The molecule has 0 aromatic heterocycles. The van der Waals surface area contributed by atoms with Crippen LogP contribution in [-0.2, 0) is 26.5 Å². The van der Waals surface area contributed by atoms with E-state index in [1.54, 1.807) is 0 Å². The van der Waals surface area contributed by atoms with Gasteiger partial charge in [-0.2, -0.15) is 0 Å². The van der Waals surface area contributed by atoms with Crippen LogP contribution in [0.1, 0.15) is 64.7 Å². The molecule has 1 N–H and O–H groups in total. The summed E-state index contributed by atoms with van der Waals surface area (Å²) in [6.07, 6.45) is 1.04. The van der Waals surface area contributed by atoms with Gasteiger partial charge in [0, 0.05) is 6.42 Å². The minimum atomic E-state index is -0.149. The lowest BCUT2D eigenvalue weighted by Gasteiger charge is -2.28. The lowest BCUT2D eigenvalue weighted by atomic mass is 9.78. The molecule has 0 aliphatic heterocycles. The second-order valence-electron chi connectivity index (χ2n) is 7.62. The smallest absolute Gasteiger partial charge is 0.292 e. The van der Waals surface area contributed by atoms with Crippen LogP contribution >= 0.6 is 0 Å². The zero-order valence-corrected chi connectivity index (χ0v) is 16.3. The van der Waals surface area contributed by atoms with Crippen molar-refractivity contribution in [2.24, 2.45) is 0 Å². The quantitative estimate of drug-likeness (QED) is 0.873. The van der Waals surface area contributed by atoms with E-state index in [0.29, 0.717) is 29.1 Å². The molecular formula is C17H28O3Si. The fraction of sp³-hybridized carbons (Fsp3) is 0.588. The molecule has 0 spiro atoms. The molecule has 0 radical (unpaired) electrons. The molecule has 4 heteroatoms. The lowest BCUT2D eigenvalue weighted by molar-refractivity contribution is -0.133. The zero-order chi connectivity index (χ0) is 16.4. The Labute approximate surface area is 131 Å². The summed E-state index contributed by atoms with van der Waals surface area (Å²) >= 11 is 0. The van der Waals surface area contributed by atoms with Gasteiger partial charge in [-0.15, -0.1) is 0 Å². The molecule has 0 saturated heterocycles. The summed E-state index contributed by atoms with van der Waals surface area (Å²) in [5.74, 6) is 0.230. The second kappa shape index (κ2) is 6.22. The minimum Gasteiger partial charge on any atom is -0.529 e. The summed E-state index contributed by atoms with van der Waals surface area (Å²) in [6.45, 7) is 12.5. The number of benzene rings is 1. The molecule has 1 rings (SSSR count). The SMILES string of the molecule is CC(C)(C)c1cc(CCC(=O)O[SiH3])cc(C(C)(C)C)c1O. The van der Waals surface area contributed by atoms with Crippen molar-refractivity contribution >= 4 is 16.5 Å². The molecule has 0 unspecified atom stereocenters. The predicted molar refractivity (Wildman–Crippen MR) is 89.9 cm³/mol. The lowest BCUT2D eigenvalue weighted by Crippen LogP contribution is -2.18. The Morgan fingerprint density at radius 2 is 1.52 bits per heavy atom. The van der Waals surface area contributed by atoms with Crippen molar-refractivity contribution in [3.05, 3.63) is 28.8 Å². The number of aryl methyl sites for hydroxylation is 1. The van der Waals surface area contributed by atoms with Gasteiger partial charge in [0.1, 0.15) is 5.75 Å². The second-order valence-corrected chi connectivity index (χ2v) is 8.02. The van der Waals surface area contributed by atoms with Gasteiger partial charge in [-0.1, -0.05) is 53.7 Å². The average Bonchev–Trinajstić information content (AvgIpc) is 2.34. The molecule has 0 heterocycles. The highest BCUT2D eigenvalue weighted by Crippen LogP contribution is 2.39. The van der Waals surface area contributed by atoms with Crippen LogP contribution in [0.25, 0.3) is 0 Å². The number of rotatable bonds is 3. The van der Waals surface area contributed by atoms with E-state index in [1.165, 1.54) is 0 Å². The van der Waals surface area contributed by atoms with Crippen molar-refractivity contribution < 1.29 is 14.3 Å². The summed E-state index contributed by atoms with van der Waals surface area (Å²) in [5, 5.41) is 10.6. The van der Waals surface area contributed by atoms with E-state index in [4.69, 9.17) is 4.43 Å². The molecule has 0 aliphatic rings. The summed E-state index contributed by atoms with van der Waals surface area (Å²) in [4.78, 5) is 11.4. The first-order chi connectivity index (χ1) is 9.46. The maximum atomic E-state index is 11.4. The maximum Gasteiger partial charge on any atom is 0.292 e. The molecular weight excluding hydrogens is 280 g/mol. The largest absolute Gasteiger partial charge is 0.529 e. The van der Waals surface area contributed by atoms with E-state index in [9.17, 15) is 9.90 Å². The van der Waals surface area contributed by atoms with Crippen LogP contribution < -0.4 is 0 Å². The first kappa shape index (κ1) is 17.8. The van der Waals surface area contributed by atoms with Crippen molar-refractivity contribution in [3.63, 3.8) is 0 Å². The standard InChI is InChI=1S/C17H28O3Si/c1-16(2,3)12-9-11(7-8-14(18)20-21)10-13(15(12)19)17(4,5)6/h9-10,19H,7-8H2,1-6,21H3. The van der Waals surface area contributed by atoms with Crippen molar-refractivity contribution in [2.75, 3.05) is 0 Å². The summed E-state index contributed by atoms with van der Waals surface area (Å²) in [5.41, 5.74) is 2.67. The molecule has 0 saturated carbocycles. The Bertz CT molecular complexity index is 487.